The van der Waals surface area contributed by atoms with Crippen LogP contribution in [-0.2, 0) is 9.53 Å². The standard InChI is InChI=1S/C12H16N2O2/c1-16-11(15)12(5-3-6-12)9-14-10-4-2-7-13-8-10/h2,4,7-8,14H,3,5-6,9H2,1H3. The molecule has 1 heterocycles. The fourth-order valence-corrected chi connectivity index (χ4v) is 2.01. The van der Waals surface area contributed by atoms with Gasteiger partial charge in [-0.2, -0.15) is 0 Å². The van der Waals surface area contributed by atoms with Crippen LogP contribution in [0.2, 0.25) is 0 Å². The maximum absolute atomic E-state index is 11.7. The summed E-state index contributed by atoms with van der Waals surface area (Å²) in [6.07, 6.45) is 6.40. The number of nitrogens with zero attached hydrogens (tertiary/aromatic N) is 1. The quantitative estimate of drug-likeness (QED) is 0.786. The molecule has 4 heteroatoms. The van der Waals surface area contributed by atoms with Crippen molar-refractivity contribution in [3.05, 3.63) is 24.5 Å². The van der Waals surface area contributed by atoms with Gasteiger partial charge in [0.2, 0.25) is 0 Å². The first-order chi connectivity index (χ1) is 7.77. The minimum Gasteiger partial charge on any atom is -0.469 e. The number of hydrogen-bond acceptors (Lipinski definition) is 4. The van der Waals surface area contributed by atoms with Crippen LogP contribution in [0.5, 0.6) is 0 Å². The van der Waals surface area contributed by atoms with Gasteiger partial charge in [-0.15, -0.1) is 0 Å². The molecule has 0 spiro atoms. The molecular formula is C12H16N2O2. The van der Waals surface area contributed by atoms with E-state index in [2.05, 4.69) is 10.3 Å². The van der Waals surface area contributed by atoms with Gasteiger partial charge in [0.15, 0.2) is 0 Å². The van der Waals surface area contributed by atoms with Gasteiger partial charge in [-0.1, -0.05) is 6.42 Å². The summed E-state index contributed by atoms with van der Waals surface area (Å²) in [6.45, 7) is 0.630. The molecule has 0 bridgehead atoms. The summed E-state index contributed by atoms with van der Waals surface area (Å²) in [7, 11) is 1.45. The molecule has 0 amide bonds. The monoisotopic (exact) mass is 220 g/mol. The van der Waals surface area contributed by atoms with E-state index in [0.717, 1.165) is 24.9 Å². The Kier molecular flexibility index (Phi) is 3.08. The maximum Gasteiger partial charge on any atom is 0.313 e. The number of nitrogens with one attached hydrogen (secondary N) is 1. The lowest BCUT2D eigenvalue weighted by Gasteiger charge is -2.39. The molecule has 0 aliphatic heterocycles. The van der Waals surface area contributed by atoms with E-state index in [1.165, 1.54) is 7.11 Å². The Morgan fingerprint density at radius 1 is 1.62 bits per heavy atom. The minimum absolute atomic E-state index is 0.102. The van der Waals surface area contributed by atoms with Crippen LogP contribution in [-0.4, -0.2) is 24.6 Å². The third kappa shape index (κ3) is 2.01. The first-order valence-corrected chi connectivity index (χ1v) is 5.49. The van der Waals surface area contributed by atoms with Crippen molar-refractivity contribution in [3.8, 4) is 0 Å². The van der Waals surface area contributed by atoms with Gasteiger partial charge in [-0.25, -0.2) is 0 Å². The fourth-order valence-electron chi connectivity index (χ4n) is 2.01. The van der Waals surface area contributed by atoms with Gasteiger partial charge in [0.25, 0.3) is 0 Å². The molecule has 1 aliphatic rings. The zero-order valence-electron chi connectivity index (χ0n) is 9.40. The van der Waals surface area contributed by atoms with Crippen LogP contribution < -0.4 is 5.32 Å². The summed E-state index contributed by atoms with van der Waals surface area (Å²) < 4.78 is 4.85. The third-order valence-electron chi connectivity index (χ3n) is 3.22. The molecule has 86 valence electrons. The second-order valence-corrected chi connectivity index (χ2v) is 4.22. The van der Waals surface area contributed by atoms with E-state index in [1.54, 1.807) is 12.4 Å². The summed E-state index contributed by atoms with van der Waals surface area (Å²) in [5, 5.41) is 3.24. The molecule has 0 radical (unpaired) electrons. The number of pyridine rings is 1. The zero-order valence-corrected chi connectivity index (χ0v) is 9.40. The van der Waals surface area contributed by atoms with E-state index >= 15 is 0 Å². The van der Waals surface area contributed by atoms with Crippen molar-refractivity contribution < 1.29 is 9.53 Å². The van der Waals surface area contributed by atoms with Crippen molar-refractivity contribution in [2.75, 3.05) is 19.0 Å². The van der Waals surface area contributed by atoms with Gasteiger partial charge in [-0.3, -0.25) is 9.78 Å². The summed E-state index contributed by atoms with van der Waals surface area (Å²) in [5.41, 5.74) is 0.627. The van der Waals surface area contributed by atoms with Crippen molar-refractivity contribution in [2.45, 2.75) is 19.3 Å². The molecule has 1 N–H and O–H groups in total. The van der Waals surface area contributed by atoms with Crippen LogP contribution in [0.3, 0.4) is 0 Å². The minimum atomic E-state index is -0.315. The largest absolute Gasteiger partial charge is 0.469 e. The highest BCUT2D eigenvalue weighted by molar-refractivity contribution is 5.78. The molecule has 0 atom stereocenters. The van der Waals surface area contributed by atoms with E-state index < -0.39 is 0 Å². The van der Waals surface area contributed by atoms with Crippen LogP contribution in [0.25, 0.3) is 0 Å². The lowest BCUT2D eigenvalue weighted by molar-refractivity contribution is -0.157. The Morgan fingerprint density at radius 3 is 2.94 bits per heavy atom. The lowest BCUT2D eigenvalue weighted by atomic mass is 9.68. The van der Waals surface area contributed by atoms with E-state index in [0.29, 0.717) is 6.54 Å². The molecule has 2 rings (SSSR count). The smallest absolute Gasteiger partial charge is 0.313 e. The molecule has 1 saturated carbocycles. The van der Waals surface area contributed by atoms with Crippen LogP contribution in [0.1, 0.15) is 19.3 Å². The molecule has 0 saturated heterocycles. The van der Waals surface area contributed by atoms with Gasteiger partial charge >= 0.3 is 5.97 Å². The normalized spacial score (nSPS) is 17.3. The number of ether oxygens (including phenoxy) is 1. The predicted molar refractivity (Wildman–Crippen MR) is 61.0 cm³/mol. The average Bonchev–Trinajstić information content (AvgIpc) is 2.28. The van der Waals surface area contributed by atoms with Gasteiger partial charge in [0.1, 0.15) is 0 Å². The topological polar surface area (TPSA) is 51.2 Å². The number of methoxy groups -OCH3 is 1. The average molecular weight is 220 g/mol. The molecule has 0 aromatic carbocycles. The Hall–Kier alpha value is -1.58. The third-order valence-corrected chi connectivity index (χ3v) is 3.22. The number of hydrogen-bond donors (Lipinski definition) is 1. The highest BCUT2D eigenvalue weighted by Crippen LogP contribution is 2.41. The van der Waals surface area contributed by atoms with Crippen molar-refractivity contribution in [1.82, 2.24) is 4.98 Å². The molecule has 1 aliphatic carbocycles. The van der Waals surface area contributed by atoms with Gasteiger partial charge in [0.05, 0.1) is 18.2 Å². The van der Waals surface area contributed by atoms with Gasteiger partial charge in [0, 0.05) is 18.9 Å². The Bertz CT molecular complexity index is 361. The van der Waals surface area contributed by atoms with Crippen molar-refractivity contribution in [3.63, 3.8) is 0 Å². The molecule has 0 unspecified atom stereocenters. The zero-order chi connectivity index (χ0) is 11.4. The molecule has 1 fully saturated rings. The Balaban J connectivity index is 1.96. The lowest BCUT2D eigenvalue weighted by Crippen LogP contribution is -2.44. The summed E-state index contributed by atoms with van der Waals surface area (Å²) in [4.78, 5) is 15.7. The highest BCUT2D eigenvalue weighted by Gasteiger charge is 2.45. The summed E-state index contributed by atoms with van der Waals surface area (Å²) in [6, 6.07) is 3.81. The second kappa shape index (κ2) is 4.51. The van der Waals surface area contributed by atoms with Gasteiger partial charge in [-0.05, 0) is 25.0 Å². The number of carbonyl (C=O) groups is 1. The summed E-state index contributed by atoms with van der Waals surface area (Å²) >= 11 is 0. The van der Waals surface area contributed by atoms with E-state index in [-0.39, 0.29) is 11.4 Å². The predicted octanol–water partition coefficient (Wildman–Crippen LogP) is 1.84. The van der Waals surface area contributed by atoms with Crippen molar-refractivity contribution in [2.24, 2.45) is 5.41 Å². The van der Waals surface area contributed by atoms with Crippen LogP contribution in [0.15, 0.2) is 24.5 Å². The molecule has 4 nitrogen and oxygen atoms in total. The van der Waals surface area contributed by atoms with Crippen LogP contribution in [0.4, 0.5) is 5.69 Å². The van der Waals surface area contributed by atoms with Gasteiger partial charge < -0.3 is 10.1 Å². The van der Waals surface area contributed by atoms with Crippen LogP contribution in [0, 0.1) is 5.41 Å². The van der Waals surface area contributed by atoms with E-state index in [9.17, 15) is 4.79 Å². The van der Waals surface area contributed by atoms with Crippen molar-refractivity contribution >= 4 is 11.7 Å². The second-order valence-electron chi connectivity index (χ2n) is 4.22. The number of aromatic nitrogens is 1. The molecule has 16 heavy (non-hydrogen) atoms. The van der Waals surface area contributed by atoms with Crippen LogP contribution >= 0.6 is 0 Å². The number of esters is 1. The highest BCUT2D eigenvalue weighted by atomic mass is 16.5. The molecule has 1 aromatic heterocycles. The Morgan fingerprint density at radius 2 is 2.44 bits per heavy atom. The number of carbonyl (C=O) groups excluding carboxylic acids is 1. The SMILES string of the molecule is COC(=O)C1(CNc2cccnc2)CCC1. The molecular weight excluding hydrogens is 204 g/mol. The number of anilines is 1. The van der Waals surface area contributed by atoms with Crippen molar-refractivity contribution in [1.29, 1.82) is 0 Å². The maximum atomic E-state index is 11.7. The van der Waals surface area contributed by atoms with E-state index in [1.807, 2.05) is 12.1 Å². The first kappa shape index (κ1) is 10.9. The first-order valence-electron chi connectivity index (χ1n) is 5.49. The number of rotatable bonds is 4. The fraction of sp³-hybridized carbons (Fsp3) is 0.500. The Labute approximate surface area is 95.0 Å². The molecule has 1 aromatic rings. The summed E-state index contributed by atoms with van der Waals surface area (Å²) in [5.74, 6) is -0.102. The van der Waals surface area contributed by atoms with E-state index in [4.69, 9.17) is 4.74 Å².